The molecule has 0 saturated heterocycles. The van der Waals surface area contributed by atoms with Gasteiger partial charge in [0, 0.05) is 18.2 Å². The van der Waals surface area contributed by atoms with Crippen molar-refractivity contribution in [2.45, 2.75) is 19.9 Å². The van der Waals surface area contributed by atoms with E-state index in [1.807, 2.05) is 36.7 Å². The molecule has 1 aromatic carbocycles. The molecule has 0 radical (unpaired) electrons. The van der Waals surface area contributed by atoms with Gasteiger partial charge in [0.15, 0.2) is 17.1 Å². The molecule has 2 aromatic heterocycles. The second kappa shape index (κ2) is 7.34. The monoisotopic (exact) mass is 378 g/mol. The topological polar surface area (TPSA) is 78.3 Å². The predicted molar refractivity (Wildman–Crippen MR) is 107 cm³/mol. The lowest BCUT2D eigenvalue weighted by Crippen LogP contribution is -2.23. The molecule has 144 valence electrons. The van der Waals surface area contributed by atoms with Crippen LogP contribution in [0.3, 0.4) is 0 Å². The molecule has 3 heterocycles. The van der Waals surface area contributed by atoms with Crippen LogP contribution >= 0.6 is 0 Å². The number of carbonyl (C=O) groups excluding carboxylic acids is 1. The first-order chi connectivity index (χ1) is 13.6. The molecule has 0 spiro atoms. The summed E-state index contributed by atoms with van der Waals surface area (Å²) in [5, 5.41) is 7.99. The first-order valence-corrected chi connectivity index (χ1v) is 9.26. The minimum Gasteiger partial charge on any atom is -0.486 e. The van der Waals surface area contributed by atoms with Crippen LogP contribution in [0.2, 0.25) is 0 Å². The van der Waals surface area contributed by atoms with Crippen LogP contribution in [0.15, 0.2) is 43.1 Å². The number of rotatable bonds is 5. The van der Waals surface area contributed by atoms with Gasteiger partial charge in [-0.1, -0.05) is 6.08 Å². The number of ether oxygens (including phenoxy) is 2. The van der Waals surface area contributed by atoms with Crippen molar-refractivity contribution in [1.29, 1.82) is 0 Å². The van der Waals surface area contributed by atoms with E-state index in [-0.39, 0.29) is 11.9 Å². The Labute approximate surface area is 163 Å². The third-order valence-electron chi connectivity index (χ3n) is 4.55. The highest BCUT2D eigenvalue weighted by Crippen LogP contribution is 2.35. The van der Waals surface area contributed by atoms with Crippen LogP contribution in [0.5, 0.6) is 11.5 Å². The summed E-state index contributed by atoms with van der Waals surface area (Å²) >= 11 is 0. The average molecular weight is 378 g/mol. The number of carbonyl (C=O) groups is 1. The summed E-state index contributed by atoms with van der Waals surface area (Å²) in [5.41, 5.74) is 2.73. The van der Waals surface area contributed by atoms with E-state index in [0.29, 0.717) is 48.2 Å². The Morgan fingerprint density at radius 2 is 2.07 bits per heavy atom. The van der Waals surface area contributed by atoms with E-state index in [1.165, 1.54) is 0 Å². The van der Waals surface area contributed by atoms with Gasteiger partial charge in [-0.2, -0.15) is 5.10 Å². The van der Waals surface area contributed by atoms with Gasteiger partial charge in [0.05, 0.1) is 22.8 Å². The van der Waals surface area contributed by atoms with Crippen LogP contribution < -0.4 is 14.8 Å². The maximum absolute atomic E-state index is 12.7. The number of aromatic nitrogens is 3. The Hall–Kier alpha value is -3.35. The SMILES string of the molecule is C=CCNC(=O)c1cc(-c2ccc3c(c2)OCCO3)nc2c1cnn2C(C)C. The number of hydrogen-bond donors (Lipinski definition) is 1. The molecule has 0 fully saturated rings. The third kappa shape index (κ3) is 3.19. The van der Waals surface area contributed by atoms with E-state index in [1.54, 1.807) is 18.3 Å². The van der Waals surface area contributed by atoms with Gasteiger partial charge in [-0.25, -0.2) is 9.67 Å². The van der Waals surface area contributed by atoms with E-state index in [2.05, 4.69) is 17.0 Å². The van der Waals surface area contributed by atoms with Crippen molar-refractivity contribution < 1.29 is 14.3 Å². The second-order valence-corrected chi connectivity index (χ2v) is 6.83. The molecule has 28 heavy (non-hydrogen) atoms. The third-order valence-corrected chi connectivity index (χ3v) is 4.55. The van der Waals surface area contributed by atoms with Crippen molar-refractivity contribution in [3.63, 3.8) is 0 Å². The number of amides is 1. The van der Waals surface area contributed by atoms with Crippen molar-refractivity contribution in [2.24, 2.45) is 0 Å². The van der Waals surface area contributed by atoms with Crippen molar-refractivity contribution in [3.8, 4) is 22.8 Å². The number of fused-ring (bicyclic) bond motifs is 2. The fourth-order valence-corrected chi connectivity index (χ4v) is 3.19. The zero-order chi connectivity index (χ0) is 19.7. The highest BCUT2D eigenvalue weighted by atomic mass is 16.6. The van der Waals surface area contributed by atoms with Gasteiger partial charge in [0.2, 0.25) is 0 Å². The Morgan fingerprint density at radius 1 is 1.29 bits per heavy atom. The van der Waals surface area contributed by atoms with Gasteiger partial charge in [-0.3, -0.25) is 4.79 Å². The quantitative estimate of drug-likeness (QED) is 0.689. The van der Waals surface area contributed by atoms with Crippen molar-refractivity contribution in [1.82, 2.24) is 20.1 Å². The van der Waals surface area contributed by atoms with Crippen LogP contribution in [0.4, 0.5) is 0 Å². The van der Waals surface area contributed by atoms with E-state index in [4.69, 9.17) is 14.5 Å². The lowest BCUT2D eigenvalue weighted by atomic mass is 10.1. The fraction of sp³-hybridized carbons (Fsp3) is 0.286. The Balaban J connectivity index is 1.87. The maximum atomic E-state index is 12.7. The molecular formula is C21H22N4O3. The molecule has 7 heteroatoms. The van der Waals surface area contributed by atoms with E-state index in [9.17, 15) is 4.79 Å². The molecule has 1 N–H and O–H groups in total. The van der Waals surface area contributed by atoms with E-state index in [0.717, 1.165) is 10.9 Å². The molecule has 1 aliphatic rings. The summed E-state index contributed by atoms with van der Waals surface area (Å²) in [5.74, 6) is 1.21. The highest BCUT2D eigenvalue weighted by Gasteiger charge is 2.19. The van der Waals surface area contributed by atoms with Crippen molar-refractivity contribution >= 4 is 16.9 Å². The van der Waals surface area contributed by atoms with Gasteiger partial charge >= 0.3 is 0 Å². The molecule has 0 saturated carbocycles. The van der Waals surface area contributed by atoms with Gasteiger partial charge in [-0.05, 0) is 38.1 Å². The van der Waals surface area contributed by atoms with Crippen molar-refractivity contribution in [3.05, 3.63) is 48.7 Å². The summed E-state index contributed by atoms with van der Waals surface area (Å²) in [7, 11) is 0. The molecule has 1 aliphatic heterocycles. The van der Waals surface area contributed by atoms with Crippen molar-refractivity contribution in [2.75, 3.05) is 19.8 Å². The number of hydrogen-bond acceptors (Lipinski definition) is 5. The number of nitrogens with zero attached hydrogens (tertiary/aromatic N) is 3. The molecule has 7 nitrogen and oxygen atoms in total. The standard InChI is InChI=1S/C21H22N4O3/c1-4-7-22-21(26)15-11-17(24-20-16(15)12-23-25(20)13(2)3)14-5-6-18-19(10-14)28-9-8-27-18/h4-6,10-13H,1,7-9H2,2-3H3,(H,22,26). The number of benzene rings is 1. The van der Waals surface area contributed by atoms with Crippen LogP contribution in [0.25, 0.3) is 22.3 Å². The van der Waals surface area contributed by atoms with Gasteiger partial charge in [-0.15, -0.1) is 6.58 Å². The van der Waals surface area contributed by atoms with Gasteiger partial charge in [0.25, 0.3) is 5.91 Å². The first kappa shape index (κ1) is 18.0. The Bertz CT molecular complexity index is 1060. The predicted octanol–water partition coefficient (Wildman–Crippen LogP) is 3.37. The molecule has 3 aromatic rings. The molecule has 0 aliphatic carbocycles. The summed E-state index contributed by atoms with van der Waals surface area (Å²) in [4.78, 5) is 17.5. The minimum atomic E-state index is -0.186. The average Bonchev–Trinajstić information content (AvgIpc) is 3.15. The molecule has 1 amide bonds. The van der Waals surface area contributed by atoms with Crippen LogP contribution in [-0.4, -0.2) is 40.4 Å². The molecular weight excluding hydrogens is 356 g/mol. The molecule has 0 bridgehead atoms. The van der Waals surface area contributed by atoms with E-state index < -0.39 is 0 Å². The Morgan fingerprint density at radius 3 is 2.82 bits per heavy atom. The van der Waals surface area contributed by atoms with Gasteiger partial charge < -0.3 is 14.8 Å². The highest BCUT2D eigenvalue weighted by molar-refractivity contribution is 6.06. The van der Waals surface area contributed by atoms with Gasteiger partial charge in [0.1, 0.15) is 13.2 Å². The zero-order valence-electron chi connectivity index (χ0n) is 15.9. The van der Waals surface area contributed by atoms with E-state index >= 15 is 0 Å². The maximum Gasteiger partial charge on any atom is 0.252 e. The summed E-state index contributed by atoms with van der Waals surface area (Å²) in [6, 6.07) is 7.59. The summed E-state index contributed by atoms with van der Waals surface area (Å²) in [6.07, 6.45) is 3.34. The fourth-order valence-electron chi connectivity index (χ4n) is 3.19. The molecule has 0 unspecified atom stereocenters. The van der Waals surface area contributed by atoms with Crippen LogP contribution in [-0.2, 0) is 0 Å². The minimum absolute atomic E-state index is 0.115. The van der Waals surface area contributed by atoms with Crippen LogP contribution in [0.1, 0.15) is 30.2 Å². The molecule has 4 rings (SSSR count). The summed E-state index contributed by atoms with van der Waals surface area (Å²) in [6.45, 7) is 9.15. The number of nitrogens with one attached hydrogen (secondary N) is 1. The smallest absolute Gasteiger partial charge is 0.252 e. The van der Waals surface area contributed by atoms with Crippen LogP contribution in [0, 0.1) is 0 Å². The normalized spacial score (nSPS) is 13.0. The lowest BCUT2D eigenvalue weighted by Gasteiger charge is -2.19. The second-order valence-electron chi connectivity index (χ2n) is 6.83. The lowest BCUT2D eigenvalue weighted by molar-refractivity contribution is 0.0959. The first-order valence-electron chi connectivity index (χ1n) is 9.26. The largest absolute Gasteiger partial charge is 0.486 e. The number of pyridine rings is 1. The Kier molecular flexibility index (Phi) is 4.73. The summed E-state index contributed by atoms with van der Waals surface area (Å²) < 4.78 is 13.1. The molecule has 0 atom stereocenters. The zero-order valence-corrected chi connectivity index (χ0v) is 15.9.